The van der Waals surface area contributed by atoms with Crippen molar-refractivity contribution >= 4 is 5.91 Å². The first-order valence-electron chi connectivity index (χ1n) is 4.64. The number of aromatic nitrogens is 3. The maximum absolute atomic E-state index is 11.1. The molecule has 6 heteroatoms. The first kappa shape index (κ1) is 10.6. The highest BCUT2D eigenvalue weighted by molar-refractivity contribution is 5.77. The lowest BCUT2D eigenvalue weighted by molar-refractivity contribution is -0.120. The molecule has 0 unspecified atom stereocenters. The third-order valence-electron chi connectivity index (χ3n) is 1.68. The van der Waals surface area contributed by atoms with Crippen molar-refractivity contribution in [1.82, 2.24) is 25.8 Å². The number of hydrogen-bond acceptors (Lipinski definition) is 4. The number of amides is 1. The average Bonchev–Trinajstić information content (AvgIpc) is 2.67. The van der Waals surface area contributed by atoms with Gasteiger partial charge < -0.3 is 10.6 Å². The van der Waals surface area contributed by atoms with Gasteiger partial charge in [0, 0.05) is 13.0 Å². The van der Waals surface area contributed by atoms with E-state index in [2.05, 4.69) is 25.8 Å². The molecule has 0 atom stereocenters. The average molecular weight is 197 g/mol. The van der Waals surface area contributed by atoms with Crippen LogP contribution in [0, 0.1) is 0 Å². The second-order valence-corrected chi connectivity index (χ2v) is 2.81. The van der Waals surface area contributed by atoms with Gasteiger partial charge in [0.15, 0.2) is 0 Å². The van der Waals surface area contributed by atoms with Crippen LogP contribution in [-0.2, 0) is 11.2 Å². The highest BCUT2D eigenvalue weighted by atomic mass is 16.1. The van der Waals surface area contributed by atoms with Crippen LogP contribution in [0.15, 0.2) is 6.33 Å². The minimum absolute atomic E-state index is 0.00589. The molecule has 3 N–H and O–H groups in total. The first-order chi connectivity index (χ1) is 6.83. The van der Waals surface area contributed by atoms with Crippen LogP contribution >= 0.6 is 0 Å². The van der Waals surface area contributed by atoms with Crippen LogP contribution in [-0.4, -0.2) is 40.7 Å². The molecule has 0 fully saturated rings. The van der Waals surface area contributed by atoms with Gasteiger partial charge in [0.1, 0.15) is 12.2 Å². The minimum atomic E-state index is 0.00589. The van der Waals surface area contributed by atoms with Crippen molar-refractivity contribution in [2.24, 2.45) is 0 Å². The predicted molar refractivity (Wildman–Crippen MR) is 51.6 cm³/mol. The summed E-state index contributed by atoms with van der Waals surface area (Å²) in [6, 6.07) is 0. The smallest absolute Gasteiger partial charge is 0.233 e. The molecule has 0 saturated carbocycles. The molecule has 1 rings (SSSR count). The van der Waals surface area contributed by atoms with Crippen molar-refractivity contribution in [3.05, 3.63) is 12.2 Å². The number of hydrogen-bond donors (Lipinski definition) is 3. The minimum Gasteiger partial charge on any atom is -0.355 e. The van der Waals surface area contributed by atoms with Crippen LogP contribution in [0.3, 0.4) is 0 Å². The summed E-state index contributed by atoms with van der Waals surface area (Å²) in [4.78, 5) is 15.1. The van der Waals surface area contributed by atoms with Gasteiger partial charge in [-0.25, -0.2) is 4.98 Å². The zero-order valence-corrected chi connectivity index (χ0v) is 8.21. The Morgan fingerprint density at radius 3 is 3.14 bits per heavy atom. The van der Waals surface area contributed by atoms with Gasteiger partial charge in [-0.3, -0.25) is 9.89 Å². The van der Waals surface area contributed by atoms with Crippen LogP contribution in [0.5, 0.6) is 0 Å². The fourth-order valence-corrected chi connectivity index (χ4v) is 0.973. The summed E-state index contributed by atoms with van der Waals surface area (Å²) in [5.41, 5.74) is 0. The van der Waals surface area contributed by atoms with Gasteiger partial charge in [0.25, 0.3) is 0 Å². The Bertz CT molecular complexity index is 259. The van der Waals surface area contributed by atoms with Gasteiger partial charge in [-0.1, -0.05) is 6.92 Å². The highest BCUT2D eigenvalue weighted by Crippen LogP contribution is 1.84. The zero-order valence-electron chi connectivity index (χ0n) is 8.21. The Balaban J connectivity index is 2.06. The fraction of sp³-hybridized carbons (Fsp3) is 0.625. The molecule has 78 valence electrons. The molecule has 0 bridgehead atoms. The van der Waals surface area contributed by atoms with E-state index in [4.69, 9.17) is 0 Å². The summed E-state index contributed by atoms with van der Waals surface area (Å²) in [6.45, 7) is 3.71. The molecule has 1 heterocycles. The number of likely N-dealkylation sites (N-methyl/N-ethyl adjacent to an activating group) is 1. The van der Waals surface area contributed by atoms with Gasteiger partial charge in [-0.2, -0.15) is 5.10 Å². The van der Waals surface area contributed by atoms with Gasteiger partial charge >= 0.3 is 0 Å². The van der Waals surface area contributed by atoms with Gasteiger partial charge in [-0.05, 0) is 6.54 Å². The maximum Gasteiger partial charge on any atom is 0.233 e. The van der Waals surface area contributed by atoms with Crippen LogP contribution in [0.1, 0.15) is 12.7 Å². The van der Waals surface area contributed by atoms with E-state index in [0.29, 0.717) is 19.5 Å². The van der Waals surface area contributed by atoms with Crippen molar-refractivity contribution in [2.45, 2.75) is 13.3 Å². The summed E-state index contributed by atoms with van der Waals surface area (Å²) in [7, 11) is 0. The van der Waals surface area contributed by atoms with E-state index in [1.54, 1.807) is 0 Å². The molecule has 0 aliphatic heterocycles. The Kier molecular flexibility index (Phi) is 4.63. The normalized spacial score (nSPS) is 10.1. The first-order valence-corrected chi connectivity index (χ1v) is 4.64. The number of rotatable bonds is 6. The molecule has 0 saturated heterocycles. The maximum atomic E-state index is 11.1. The topological polar surface area (TPSA) is 82.7 Å². The van der Waals surface area contributed by atoms with Crippen LogP contribution in [0.25, 0.3) is 0 Å². The lowest BCUT2D eigenvalue weighted by Gasteiger charge is -2.03. The third-order valence-corrected chi connectivity index (χ3v) is 1.68. The van der Waals surface area contributed by atoms with E-state index in [0.717, 1.165) is 12.4 Å². The van der Waals surface area contributed by atoms with Crippen molar-refractivity contribution in [3.8, 4) is 0 Å². The van der Waals surface area contributed by atoms with E-state index >= 15 is 0 Å². The summed E-state index contributed by atoms with van der Waals surface area (Å²) >= 11 is 0. The number of nitrogens with one attached hydrogen (secondary N) is 3. The number of aromatic amines is 1. The lowest BCUT2D eigenvalue weighted by Crippen LogP contribution is -2.34. The van der Waals surface area contributed by atoms with Gasteiger partial charge in [0.05, 0.1) is 6.54 Å². The molecule has 0 aliphatic rings. The molecular weight excluding hydrogens is 182 g/mol. The van der Waals surface area contributed by atoms with Crippen molar-refractivity contribution in [1.29, 1.82) is 0 Å². The van der Waals surface area contributed by atoms with Crippen molar-refractivity contribution in [2.75, 3.05) is 19.6 Å². The second-order valence-electron chi connectivity index (χ2n) is 2.81. The third kappa shape index (κ3) is 3.99. The molecule has 1 aromatic rings. The van der Waals surface area contributed by atoms with Crippen LogP contribution < -0.4 is 10.6 Å². The summed E-state index contributed by atoms with van der Waals surface area (Å²) in [6.07, 6.45) is 2.13. The van der Waals surface area contributed by atoms with Crippen molar-refractivity contribution in [3.63, 3.8) is 0 Å². The van der Waals surface area contributed by atoms with E-state index in [1.807, 2.05) is 6.92 Å². The standard InChI is InChI=1S/C8H15N5O/c1-2-9-5-8(14)10-4-3-7-11-6-12-13-7/h6,9H,2-5H2,1H3,(H,10,14)(H,11,12,13). The quantitative estimate of drug-likeness (QED) is 0.550. The largest absolute Gasteiger partial charge is 0.355 e. The molecule has 1 amide bonds. The van der Waals surface area contributed by atoms with Crippen LogP contribution in [0.2, 0.25) is 0 Å². The summed E-state index contributed by atoms with van der Waals surface area (Å²) in [5.74, 6) is 0.792. The zero-order chi connectivity index (χ0) is 10.2. The van der Waals surface area contributed by atoms with Gasteiger partial charge in [0.2, 0.25) is 5.91 Å². The number of carbonyl (C=O) groups excluding carboxylic acids is 1. The molecule has 1 aromatic heterocycles. The monoisotopic (exact) mass is 197 g/mol. The Labute approximate surface area is 82.5 Å². The molecule has 0 aromatic carbocycles. The SMILES string of the molecule is CCNCC(=O)NCCc1ncn[nH]1. The Morgan fingerprint density at radius 1 is 1.64 bits per heavy atom. The molecule has 0 spiro atoms. The van der Waals surface area contributed by atoms with Gasteiger partial charge in [-0.15, -0.1) is 0 Å². The Hall–Kier alpha value is -1.43. The number of carbonyl (C=O) groups is 1. The number of nitrogens with zero attached hydrogens (tertiary/aromatic N) is 2. The molecule has 0 aliphatic carbocycles. The van der Waals surface area contributed by atoms with E-state index in [1.165, 1.54) is 6.33 Å². The number of H-pyrrole nitrogens is 1. The molecule has 0 radical (unpaired) electrons. The second kappa shape index (κ2) is 6.09. The lowest BCUT2D eigenvalue weighted by atomic mass is 10.4. The van der Waals surface area contributed by atoms with Crippen molar-refractivity contribution < 1.29 is 4.79 Å². The van der Waals surface area contributed by atoms with Crippen LogP contribution in [0.4, 0.5) is 0 Å². The Morgan fingerprint density at radius 2 is 2.50 bits per heavy atom. The summed E-state index contributed by atoms with van der Waals surface area (Å²) in [5, 5.41) is 12.1. The molecule has 14 heavy (non-hydrogen) atoms. The van der Waals surface area contributed by atoms with E-state index < -0.39 is 0 Å². The predicted octanol–water partition coefficient (Wildman–Crippen LogP) is -0.927. The van der Waals surface area contributed by atoms with E-state index in [-0.39, 0.29) is 5.91 Å². The molecular formula is C8H15N5O. The summed E-state index contributed by atoms with van der Waals surface area (Å²) < 4.78 is 0. The fourth-order valence-electron chi connectivity index (χ4n) is 0.973. The highest BCUT2D eigenvalue weighted by Gasteiger charge is 1.99. The molecule has 6 nitrogen and oxygen atoms in total. The van der Waals surface area contributed by atoms with E-state index in [9.17, 15) is 4.79 Å².